The number of piperazine rings is 1. The van der Waals surface area contributed by atoms with Gasteiger partial charge in [0, 0.05) is 38.4 Å². The van der Waals surface area contributed by atoms with Gasteiger partial charge in [0.15, 0.2) is 5.58 Å². The van der Waals surface area contributed by atoms with E-state index in [4.69, 9.17) is 4.42 Å². The molecule has 0 atom stereocenters. The Hall–Kier alpha value is -2.37. The highest BCUT2D eigenvalue weighted by molar-refractivity contribution is 5.75. The second-order valence-electron chi connectivity index (χ2n) is 6.39. The first kappa shape index (κ1) is 15.2. The lowest BCUT2D eigenvalue weighted by atomic mass is 10.2. The number of nitrogens with one attached hydrogen (secondary N) is 1. The molecule has 0 saturated carbocycles. The SMILES string of the molecule is CN1CCN(Cc2ccc(Nc3nc4ccccc4o3)cc2)CC1. The first-order valence-electron chi connectivity index (χ1n) is 8.39. The second kappa shape index (κ2) is 6.63. The number of anilines is 2. The molecule has 1 aromatic heterocycles. The number of fused-ring (bicyclic) bond motifs is 1. The Kier molecular flexibility index (Phi) is 4.19. The Morgan fingerprint density at radius 1 is 1.00 bits per heavy atom. The van der Waals surface area contributed by atoms with Gasteiger partial charge < -0.3 is 14.6 Å². The van der Waals surface area contributed by atoms with Crippen molar-refractivity contribution in [1.29, 1.82) is 0 Å². The third-order valence-corrected chi connectivity index (χ3v) is 4.50. The Balaban J connectivity index is 1.40. The third kappa shape index (κ3) is 3.42. The number of rotatable bonds is 4. The lowest BCUT2D eigenvalue weighted by Gasteiger charge is -2.32. The molecule has 124 valence electrons. The zero-order chi connectivity index (χ0) is 16.4. The van der Waals surface area contributed by atoms with Crippen LogP contribution in [0.5, 0.6) is 0 Å². The molecule has 2 heterocycles. The van der Waals surface area contributed by atoms with E-state index in [-0.39, 0.29) is 0 Å². The number of benzene rings is 2. The molecular weight excluding hydrogens is 300 g/mol. The van der Waals surface area contributed by atoms with Gasteiger partial charge in [0.1, 0.15) is 5.52 Å². The van der Waals surface area contributed by atoms with Crippen LogP contribution >= 0.6 is 0 Å². The van der Waals surface area contributed by atoms with Crippen LogP contribution in [0.25, 0.3) is 11.1 Å². The summed E-state index contributed by atoms with van der Waals surface area (Å²) in [5.41, 5.74) is 3.99. The lowest BCUT2D eigenvalue weighted by Crippen LogP contribution is -2.43. The second-order valence-corrected chi connectivity index (χ2v) is 6.39. The molecule has 5 heteroatoms. The van der Waals surface area contributed by atoms with E-state index < -0.39 is 0 Å². The van der Waals surface area contributed by atoms with E-state index in [1.54, 1.807) is 0 Å². The topological polar surface area (TPSA) is 44.5 Å². The van der Waals surface area contributed by atoms with Gasteiger partial charge >= 0.3 is 0 Å². The molecule has 0 aliphatic carbocycles. The summed E-state index contributed by atoms with van der Waals surface area (Å²) in [7, 11) is 2.18. The highest BCUT2D eigenvalue weighted by atomic mass is 16.4. The molecule has 5 nitrogen and oxygen atoms in total. The van der Waals surface area contributed by atoms with E-state index in [2.05, 4.69) is 51.4 Å². The van der Waals surface area contributed by atoms with Gasteiger partial charge in [-0.05, 0) is 36.9 Å². The first-order valence-corrected chi connectivity index (χ1v) is 8.39. The Morgan fingerprint density at radius 2 is 1.75 bits per heavy atom. The normalized spacial score (nSPS) is 16.5. The van der Waals surface area contributed by atoms with Gasteiger partial charge in [-0.15, -0.1) is 0 Å². The van der Waals surface area contributed by atoms with Gasteiger partial charge in [-0.2, -0.15) is 4.98 Å². The van der Waals surface area contributed by atoms with Crippen LogP contribution in [0.4, 0.5) is 11.7 Å². The molecular formula is C19H22N4O. The first-order chi connectivity index (χ1) is 11.8. The molecule has 24 heavy (non-hydrogen) atoms. The zero-order valence-corrected chi connectivity index (χ0v) is 13.9. The summed E-state index contributed by atoms with van der Waals surface area (Å²) in [4.78, 5) is 9.32. The van der Waals surface area contributed by atoms with Gasteiger partial charge in [-0.25, -0.2) is 0 Å². The molecule has 0 amide bonds. The van der Waals surface area contributed by atoms with E-state index in [0.29, 0.717) is 6.01 Å². The van der Waals surface area contributed by atoms with E-state index in [0.717, 1.165) is 49.5 Å². The fraction of sp³-hybridized carbons (Fsp3) is 0.316. The largest absolute Gasteiger partial charge is 0.423 e. The minimum atomic E-state index is 0.531. The maximum atomic E-state index is 5.70. The monoisotopic (exact) mass is 322 g/mol. The van der Waals surface area contributed by atoms with Crippen LogP contribution in [0.3, 0.4) is 0 Å². The number of hydrogen-bond acceptors (Lipinski definition) is 5. The van der Waals surface area contributed by atoms with Crippen molar-refractivity contribution in [2.75, 3.05) is 38.5 Å². The van der Waals surface area contributed by atoms with Crippen LogP contribution in [-0.2, 0) is 6.54 Å². The van der Waals surface area contributed by atoms with Crippen LogP contribution in [0, 0.1) is 0 Å². The number of hydrogen-bond donors (Lipinski definition) is 1. The van der Waals surface area contributed by atoms with Gasteiger partial charge in [0.05, 0.1) is 0 Å². The minimum Gasteiger partial charge on any atom is -0.423 e. The summed E-state index contributed by atoms with van der Waals surface area (Å²) in [6.07, 6.45) is 0. The van der Waals surface area contributed by atoms with E-state index in [1.807, 2.05) is 24.3 Å². The van der Waals surface area contributed by atoms with E-state index >= 15 is 0 Å². The molecule has 2 aromatic carbocycles. The van der Waals surface area contributed by atoms with E-state index in [9.17, 15) is 0 Å². The summed E-state index contributed by atoms with van der Waals surface area (Å²) in [5, 5.41) is 3.23. The third-order valence-electron chi connectivity index (χ3n) is 4.50. The van der Waals surface area contributed by atoms with Crippen molar-refractivity contribution in [2.24, 2.45) is 0 Å². The maximum Gasteiger partial charge on any atom is 0.300 e. The van der Waals surface area contributed by atoms with Crippen molar-refractivity contribution >= 4 is 22.8 Å². The minimum absolute atomic E-state index is 0.531. The molecule has 1 fully saturated rings. The molecule has 0 bridgehead atoms. The molecule has 1 aliphatic rings. The van der Waals surface area contributed by atoms with Crippen molar-refractivity contribution in [3.8, 4) is 0 Å². The molecule has 0 spiro atoms. The predicted molar refractivity (Wildman–Crippen MR) is 96.5 cm³/mol. The average Bonchev–Trinajstić information content (AvgIpc) is 3.01. The highest BCUT2D eigenvalue weighted by Crippen LogP contribution is 2.22. The van der Waals surface area contributed by atoms with E-state index in [1.165, 1.54) is 5.56 Å². The van der Waals surface area contributed by atoms with Crippen molar-refractivity contribution in [3.05, 3.63) is 54.1 Å². The average molecular weight is 322 g/mol. The van der Waals surface area contributed by atoms with Crippen molar-refractivity contribution in [1.82, 2.24) is 14.8 Å². The molecule has 0 radical (unpaired) electrons. The number of nitrogens with zero attached hydrogens (tertiary/aromatic N) is 3. The summed E-state index contributed by atoms with van der Waals surface area (Å²) < 4.78 is 5.70. The van der Waals surface area contributed by atoms with Crippen molar-refractivity contribution < 1.29 is 4.42 Å². The standard InChI is InChI=1S/C19H22N4O/c1-22-10-12-23(13-11-22)14-15-6-8-16(9-7-15)20-19-21-17-4-2-3-5-18(17)24-19/h2-9H,10-14H2,1H3,(H,20,21). The van der Waals surface area contributed by atoms with Gasteiger partial charge in [0.2, 0.25) is 0 Å². The predicted octanol–water partition coefficient (Wildman–Crippen LogP) is 3.32. The maximum absolute atomic E-state index is 5.70. The molecule has 1 N–H and O–H groups in total. The van der Waals surface area contributed by atoms with Crippen LogP contribution in [0.2, 0.25) is 0 Å². The summed E-state index contributed by atoms with van der Waals surface area (Å²) in [6, 6.07) is 16.8. The number of likely N-dealkylation sites (N-methyl/N-ethyl adjacent to an activating group) is 1. The molecule has 0 unspecified atom stereocenters. The van der Waals surface area contributed by atoms with Gasteiger partial charge in [-0.3, -0.25) is 4.90 Å². The van der Waals surface area contributed by atoms with Crippen molar-refractivity contribution in [3.63, 3.8) is 0 Å². The number of oxazole rings is 1. The molecule has 1 saturated heterocycles. The smallest absolute Gasteiger partial charge is 0.300 e. The van der Waals surface area contributed by atoms with Crippen LogP contribution in [0.15, 0.2) is 52.9 Å². The molecule has 3 aromatic rings. The Labute approximate surface area is 141 Å². The number of aromatic nitrogens is 1. The highest BCUT2D eigenvalue weighted by Gasteiger charge is 2.13. The summed E-state index contributed by atoms with van der Waals surface area (Å²) in [5.74, 6) is 0. The summed E-state index contributed by atoms with van der Waals surface area (Å²) >= 11 is 0. The lowest BCUT2D eigenvalue weighted by molar-refractivity contribution is 0.148. The van der Waals surface area contributed by atoms with Crippen LogP contribution in [0.1, 0.15) is 5.56 Å². The summed E-state index contributed by atoms with van der Waals surface area (Å²) in [6.45, 7) is 5.59. The quantitative estimate of drug-likeness (QED) is 0.798. The Morgan fingerprint density at radius 3 is 2.50 bits per heavy atom. The van der Waals surface area contributed by atoms with Crippen LogP contribution in [-0.4, -0.2) is 48.0 Å². The van der Waals surface area contributed by atoms with Crippen LogP contribution < -0.4 is 5.32 Å². The van der Waals surface area contributed by atoms with Gasteiger partial charge in [0.25, 0.3) is 6.01 Å². The number of para-hydroxylation sites is 2. The van der Waals surface area contributed by atoms with Gasteiger partial charge in [-0.1, -0.05) is 24.3 Å². The fourth-order valence-corrected chi connectivity index (χ4v) is 3.01. The fourth-order valence-electron chi connectivity index (χ4n) is 3.01. The zero-order valence-electron chi connectivity index (χ0n) is 13.9. The molecule has 1 aliphatic heterocycles. The molecule has 4 rings (SSSR count). The van der Waals surface area contributed by atoms with Crippen molar-refractivity contribution in [2.45, 2.75) is 6.54 Å². The Bertz CT molecular complexity index is 771.